The second-order valence-corrected chi connectivity index (χ2v) is 8.56. The van der Waals surface area contributed by atoms with E-state index in [1.807, 2.05) is 24.3 Å². The minimum absolute atomic E-state index is 0.0120. The molecular weight excluding hydrogens is 377 g/mol. The SMILES string of the molecule is CCCCCCc1c(C(N2CC(C)(C)C(=O)N2)C(F)(F)F)ccc2ccccc12. The Kier molecular flexibility index (Phi) is 6.22. The highest BCUT2D eigenvalue weighted by Crippen LogP contribution is 2.43. The normalized spacial score (nSPS) is 18.2. The molecule has 3 rings (SSSR count). The van der Waals surface area contributed by atoms with Gasteiger partial charge in [0.15, 0.2) is 0 Å². The maximum Gasteiger partial charge on any atom is 0.409 e. The van der Waals surface area contributed by atoms with Crippen LogP contribution >= 0.6 is 0 Å². The Bertz CT molecular complexity index is 876. The molecule has 6 heteroatoms. The topological polar surface area (TPSA) is 32.3 Å². The number of nitrogens with one attached hydrogen (secondary N) is 1. The van der Waals surface area contributed by atoms with Crippen LogP contribution in [0.25, 0.3) is 10.8 Å². The lowest BCUT2D eigenvalue weighted by Crippen LogP contribution is -2.44. The summed E-state index contributed by atoms with van der Waals surface area (Å²) in [7, 11) is 0. The maximum absolute atomic E-state index is 14.3. The standard InChI is InChI=1S/C23H29F3N2O/c1-4-5-6-7-12-18-17-11-9-8-10-16(17)13-14-19(18)20(23(24,25)26)28-15-22(2,3)21(29)27-28/h8-11,13-14,20H,4-7,12,15H2,1-3H3,(H,27,29). The number of unbranched alkanes of at least 4 members (excludes halogenated alkanes) is 3. The van der Waals surface area contributed by atoms with Crippen LogP contribution in [0.5, 0.6) is 0 Å². The fourth-order valence-corrected chi connectivity index (χ4v) is 4.11. The monoisotopic (exact) mass is 406 g/mol. The van der Waals surface area contributed by atoms with E-state index in [4.69, 9.17) is 0 Å². The minimum atomic E-state index is -4.51. The predicted octanol–water partition coefficient (Wildman–Crippen LogP) is 5.94. The molecule has 1 atom stereocenters. The van der Waals surface area contributed by atoms with Crippen LogP contribution in [0.2, 0.25) is 0 Å². The Balaban J connectivity index is 2.07. The lowest BCUT2D eigenvalue weighted by molar-refractivity contribution is -0.191. The number of nitrogens with zero attached hydrogens (tertiary/aromatic N) is 1. The van der Waals surface area contributed by atoms with Gasteiger partial charge < -0.3 is 0 Å². The number of amides is 1. The van der Waals surface area contributed by atoms with Crippen molar-refractivity contribution in [2.75, 3.05) is 6.54 Å². The molecule has 1 amide bonds. The number of aryl methyl sites for hydroxylation is 1. The third kappa shape index (κ3) is 4.58. The molecule has 2 aromatic rings. The van der Waals surface area contributed by atoms with Crippen LogP contribution in [-0.4, -0.2) is 23.6 Å². The molecule has 0 aromatic heterocycles. The van der Waals surface area contributed by atoms with E-state index in [1.165, 1.54) is 0 Å². The largest absolute Gasteiger partial charge is 0.409 e. The third-order valence-electron chi connectivity index (χ3n) is 5.70. The highest BCUT2D eigenvalue weighted by Gasteiger charge is 2.51. The molecule has 1 N–H and O–H groups in total. The van der Waals surface area contributed by atoms with Gasteiger partial charge in [-0.25, -0.2) is 5.01 Å². The number of hydrogen-bond acceptors (Lipinski definition) is 2. The van der Waals surface area contributed by atoms with Crippen LogP contribution in [0, 0.1) is 5.41 Å². The quantitative estimate of drug-likeness (QED) is 0.577. The molecule has 0 aliphatic carbocycles. The van der Waals surface area contributed by atoms with Gasteiger partial charge in [-0.3, -0.25) is 10.2 Å². The van der Waals surface area contributed by atoms with Crippen molar-refractivity contribution in [3.63, 3.8) is 0 Å². The van der Waals surface area contributed by atoms with Gasteiger partial charge in [0.1, 0.15) is 6.04 Å². The van der Waals surface area contributed by atoms with Gasteiger partial charge >= 0.3 is 6.18 Å². The fourth-order valence-electron chi connectivity index (χ4n) is 4.11. The molecule has 1 fully saturated rings. The Morgan fingerprint density at radius 3 is 2.45 bits per heavy atom. The van der Waals surface area contributed by atoms with E-state index in [1.54, 1.807) is 26.0 Å². The number of carbonyl (C=O) groups excluding carboxylic acids is 1. The zero-order valence-corrected chi connectivity index (χ0v) is 17.3. The van der Waals surface area contributed by atoms with E-state index in [2.05, 4.69) is 12.3 Å². The summed E-state index contributed by atoms with van der Waals surface area (Å²) >= 11 is 0. The number of hydrazine groups is 1. The number of benzene rings is 2. The maximum atomic E-state index is 14.3. The number of fused-ring (bicyclic) bond motifs is 1. The summed E-state index contributed by atoms with van der Waals surface area (Å²) in [5, 5.41) is 2.87. The van der Waals surface area contributed by atoms with Crippen molar-refractivity contribution in [1.82, 2.24) is 10.4 Å². The van der Waals surface area contributed by atoms with Crippen molar-refractivity contribution in [2.45, 2.75) is 65.1 Å². The van der Waals surface area contributed by atoms with Gasteiger partial charge in [0.25, 0.3) is 0 Å². The number of alkyl halides is 3. The summed E-state index contributed by atoms with van der Waals surface area (Å²) in [6.45, 7) is 5.46. The molecule has 1 unspecified atom stereocenters. The van der Waals surface area contributed by atoms with E-state index in [0.717, 1.165) is 47.0 Å². The van der Waals surface area contributed by atoms with Crippen molar-refractivity contribution < 1.29 is 18.0 Å². The van der Waals surface area contributed by atoms with Crippen LogP contribution in [0.4, 0.5) is 13.2 Å². The van der Waals surface area contributed by atoms with Gasteiger partial charge in [0.05, 0.1) is 5.41 Å². The second kappa shape index (κ2) is 8.34. The number of carbonyl (C=O) groups is 1. The first-order chi connectivity index (χ1) is 13.6. The van der Waals surface area contributed by atoms with E-state index in [9.17, 15) is 18.0 Å². The van der Waals surface area contributed by atoms with E-state index in [0.29, 0.717) is 6.42 Å². The van der Waals surface area contributed by atoms with Crippen LogP contribution in [-0.2, 0) is 11.2 Å². The molecule has 0 bridgehead atoms. The van der Waals surface area contributed by atoms with Gasteiger partial charge in [0.2, 0.25) is 5.91 Å². The lowest BCUT2D eigenvalue weighted by Gasteiger charge is -2.32. The van der Waals surface area contributed by atoms with Crippen molar-refractivity contribution >= 4 is 16.7 Å². The predicted molar refractivity (Wildman–Crippen MR) is 109 cm³/mol. The highest BCUT2D eigenvalue weighted by molar-refractivity contribution is 5.87. The van der Waals surface area contributed by atoms with Crippen molar-refractivity contribution in [1.29, 1.82) is 0 Å². The van der Waals surface area contributed by atoms with Crippen LogP contribution < -0.4 is 5.43 Å². The number of rotatable bonds is 7. The zero-order valence-electron chi connectivity index (χ0n) is 17.3. The molecule has 0 radical (unpaired) electrons. The lowest BCUT2D eigenvalue weighted by atomic mass is 9.89. The third-order valence-corrected chi connectivity index (χ3v) is 5.70. The molecule has 3 nitrogen and oxygen atoms in total. The zero-order chi connectivity index (χ0) is 21.2. The summed E-state index contributed by atoms with van der Waals surface area (Å²) in [4.78, 5) is 12.2. The average Bonchev–Trinajstić information content (AvgIpc) is 2.91. The summed E-state index contributed by atoms with van der Waals surface area (Å²) in [5.74, 6) is -0.378. The Morgan fingerprint density at radius 1 is 1.10 bits per heavy atom. The molecule has 29 heavy (non-hydrogen) atoms. The Morgan fingerprint density at radius 2 is 1.83 bits per heavy atom. The van der Waals surface area contributed by atoms with E-state index >= 15 is 0 Å². The average molecular weight is 406 g/mol. The minimum Gasteiger partial charge on any atom is -0.287 e. The molecule has 2 aromatic carbocycles. The van der Waals surface area contributed by atoms with Gasteiger partial charge in [0, 0.05) is 6.54 Å². The smallest absolute Gasteiger partial charge is 0.287 e. The molecule has 158 valence electrons. The Hall–Kier alpha value is -2.08. The van der Waals surface area contributed by atoms with Gasteiger partial charge in [-0.05, 0) is 48.6 Å². The molecule has 1 aliphatic heterocycles. The van der Waals surface area contributed by atoms with Gasteiger partial charge in [-0.15, -0.1) is 0 Å². The van der Waals surface area contributed by atoms with Crippen LogP contribution in [0.15, 0.2) is 36.4 Å². The molecule has 1 heterocycles. The van der Waals surface area contributed by atoms with Crippen molar-refractivity contribution in [3.8, 4) is 0 Å². The molecule has 0 spiro atoms. The molecule has 0 saturated carbocycles. The van der Waals surface area contributed by atoms with Crippen LogP contribution in [0.1, 0.15) is 63.6 Å². The van der Waals surface area contributed by atoms with Crippen molar-refractivity contribution in [3.05, 3.63) is 47.5 Å². The van der Waals surface area contributed by atoms with Crippen molar-refractivity contribution in [2.24, 2.45) is 5.41 Å². The summed E-state index contributed by atoms with van der Waals surface area (Å²) in [6, 6.07) is 9.07. The summed E-state index contributed by atoms with van der Waals surface area (Å²) in [6.07, 6.45) is 0.0605. The molecule has 1 aliphatic rings. The van der Waals surface area contributed by atoms with E-state index in [-0.39, 0.29) is 18.0 Å². The number of halogens is 3. The molecular formula is C23H29F3N2O. The fraction of sp³-hybridized carbons (Fsp3) is 0.522. The van der Waals surface area contributed by atoms with E-state index < -0.39 is 17.6 Å². The molecule has 1 saturated heterocycles. The van der Waals surface area contributed by atoms with Gasteiger partial charge in [-0.2, -0.15) is 13.2 Å². The van der Waals surface area contributed by atoms with Gasteiger partial charge in [-0.1, -0.05) is 62.6 Å². The summed E-state index contributed by atoms with van der Waals surface area (Å²) < 4.78 is 42.8. The summed E-state index contributed by atoms with van der Waals surface area (Å²) in [5.41, 5.74) is 2.59. The first-order valence-electron chi connectivity index (χ1n) is 10.3. The first-order valence-corrected chi connectivity index (χ1v) is 10.3. The Labute approximate surface area is 170 Å². The highest BCUT2D eigenvalue weighted by atomic mass is 19.4. The number of hydrogen-bond donors (Lipinski definition) is 1. The van der Waals surface area contributed by atoms with Crippen LogP contribution in [0.3, 0.4) is 0 Å². The second-order valence-electron chi connectivity index (χ2n) is 8.56. The first kappa shape index (κ1) is 21.6.